The second-order valence-corrected chi connectivity index (χ2v) is 6.05. The van der Waals surface area contributed by atoms with E-state index >= 15 is 8.78 Å². The van der Waals surface area contributed by atoms with Gasteiger partial charge >= 0.3 is 29.8 Å². The van der Waals surface area contributed by atoms with E-state index in [1.807, 2.05) is 0 Å². The highest BCUT2D eigenvalue weighted by Gasteiger charge is 2.56. The summed E-state index contributed by atoms with van der Waals surface area (Å²) >= 11 is 0. The van der Waals surface area contributed by atoms with Gasteiger partial charge in [0.2, 0.25) is 12.2 Å². The van der Waals surface area contributed by atoms with Crippen molar-refractivity contribution in [3.63, 3.8) is 0 Å². The van der Waals surface area contributed by atoms with Gasteiger partial charge in [-0.1, -0.05) is 30.3 Å². The number of carbonyl (C=O) groups is 4. The Morgan fingerprint density at radius 3 is 1.79 bits per heavy atom. The lowest BCUT2D eigenvalue weighted by atomic mass is 9.95. The normalized spacial score (nSPS) is 14.1. The molecule has 160 valence electrons. The van der Waals surface area contributed by atoms with Crippen LogP contribution in [0.15, 0.2) is 30.3 Å². The summed E-state index contributed by atoms with van der Waals surface area (Å²) in [5, 5.41) is 0. The van der Waals surface area contributed by atoms with Gasteiger partial charge in [-0.2, -0.15) is 8.78 Å². The number of halogens is 2. The molecule has 10 heteroatoms. The predicted octanol–water partition coefficient (Wildman–Crippen LogP) is 2.35. The van der Waals surface area contributed by atoms with Gasteiger partial charge in [0.05, 0.1) is 0 Å². The van der Waals surface area contributed by atoms with Crippen LogP contribution in [0.3, 0.4) is 0 Å². The van der Waals surface area contributed by atoms with Crippen LogP contribution in [0.2, 0.25) is 0 Å². The number of esters is 4. The highest BCUT2D eigenvalue weighted by atomic mass is 19.3. The zero-order valence-electron chi connectivity index (χ0n) is 16.3. The first kappa shape index (κ1) is 24.0. The second kappa shape index (κ2) is 10.5. The maximum atomic E-state index is 15.4. The van der Waals surface area contributed by atoms with Gasteiger partial charge in [-0.3, -0.25) is 19.2 Å². The van der Waals surface area contributed by atoms with Crippen LogP contribution in [0, 0.1) is 0 Å². The Hall–Kier alpha value is -3.04. The van der Waals surface area contributed by atoms with E-state index in [1.54, 1.807) is 6.07 Å². The molecule has 8 nitrogen and oxygen atoms in total. The summed E-state index contributed by atoms with van der Waals surface area (Å²) in [7, 11) is 0. The fourth-order valence-corrected chi connectivity index (χ4v) is 2.45. The van der Waals surface area contributed by atoms with Crippen LogP contribution in [0.5, 0.6) is 0 Å². The van der Waals surface area contributed by atoms with E-state index in [1.165, 1.54) is 24.3 Å². The number of benzene rings is 1. The van der Waals surface area contributed by atoms with Crippen LogP contribution in [-0.2, 0) is 38.1 Å². The number of carbonyl (C=O) groups excluding carboxylic acids is 4. The van der Waals surface area contributed by atoms with Crippen molar-refractivity contribution in [3.05, 3.63) is 35.9 Å². The molecule has 0 aliphatic heterocycles. The van der Waals surface area contributed by atoms with Crippen LogP contribution in [0.4, 0.5) is 8.78 Å². The Labute approximate surface area is 166 Å². The maximum Gasteiger partial charge on any atom is 0.327 e. The molecule has 3 atom stereocenters. The number of alkyl halides is 2. The van der Waals surface area contributed by atoms with Gasteiger partial charge in [-0.25, -0.2) is 0 Å². The van der Waals surface area contributed by atoms with Gasteiger partial charge < -0.3 is 18.9 Å². The molecule has 1 aromatic carbocycles. The third-order valence-corrected chi connectivity index (χ3v) is 3.54. The van der Waals surface area contributed by atoms with E-state index < -0.39 is 54.7 Å². The van der Waals surface area contributed by atoms with Crippen molar-refractivity contribution >= 4 is 23.9 Å². The van der Waals surface area contributed by atoms with E-state index in [-0.39, 0.29) is 5.56 Å². The molecule has 0 aliphatic rings. The van der Waals surface area contributed by atoms with E-state index in [0.29, 0.717) is 0 Å². The molecule has 0 aliphatic carbocycles. The van der Waals surface area contributed by atoms with Gasteiger partial charge in [-0.05, 0) is 5.56 Å². The molecule has 0 saturated heterocycles. The van der Waals surface area contributed by atoms with Crippen molar-refractivity contribution in [2.24, 2.45) is 0 Å². The van der Waals surface area contributed by atoms with E-state index in [4.69, 9.17) is 9.47 Å². The maximum absolute atomic E-state index is 15.4. The molecule has 0 N–H and O–H groups in total. The number of hydrogen-bond donors (Lipinski definition) is 0. The SMILES string of the molecule is CC(=O)OC[C@@H](OC(C)=O)C(F)(F)[C@H](OC(C)=O)[C@@H](OC(C)=O)c1ccccc1. The van der Waals surface area contributed by atoms with E-state index in [0.717, 1.165) is 27.7 Å². The molecule has 29 heavy (non-hydrogen) atoms. The Kier molecular flexibility index (Phi) is 8.68. The van der Waals surface area contributed by atoms with Crippen molar-refractivity contribution in [1.29, 1.82) is 0 Å². The summed E-state index contributed by atoms with van der Waals surface area (Å²) in [5.74, 6) is -8.05. The van der Waals surface area contributed by atoms with Crippen molar-refractivity contribution in [1.82, 2.24) is 0 Å². The minimum Gasteiger partial charge on any atom is -0.462 e. The molecule has 0 spiro atoms. The lowest BCUT2D eigenvalue weighted by molar-refractivity contribution is -0.240. The van der Waals surface area contributed by atoms with Crippen molar-refractivity contribution in [2.45, 2.75) is 51.9 Å². The quantitative estimate of drug-likeness (QED) is 0.446. The summed E-state index contributed by atoms with van der Waals surface area (Å²) in [6.45, 7) is 2.77. The molecule has 1 aromatic rings. The predicted molar refractivity (Wildman–Crippen MR) is 93.6 cm³/mol. The fraction of sp³-hybridized carbons (Fsp3) is 0.474. The molecule has 0 saturated carbocycles. The molecule has 0 radical (unpaired) electrons. The average Bonchev–Trinajstić information content (AvgIpc) is 2.61. The van der Waals surface area contributed by atoms with Gasteiger partial charge in [0, 0.05) is 27.7 Å². The van der Waals surface area contributed by atoms with Crippen LogP contribution in [0.25, 0.3) is 0 Å². The van der Waals surface area contributed by atoms with E-state index in [9.17, 15) is 19.2 Å². The molecule has 0 heterocycles. The zero-order valence-corrected chi connectivity index (χ0v) is 16.3. The summed E-state index contributed by atoms with van der Waals surface area (Å²) < 4.78 is 49.8. The van der Waals surface area contributed by atoms with Crippen LogP contribution in [-0.4, -0.2) is 48.6 Å². The average molecular weight is 416 g/mol. The van der Waals surface area contributed by atoms with Crippen molar-refractivity contribution < 1.29 is 46.9 Å². The van der Waals surface area contributed by atoms with Crippen LogP contribution < -0.4 is 0 Å². The number of rotatable bonds is 9. The Bertz CT molecular complexity index is 735. The standard InChI is InChI=1S/C19H22F2O8/c1-11(22)26-10-16(27-12(2)23)19(20,21)18(29-14(4)25)17(28-13(3)24)15-8-6-5-7-9-15/h5-9,16-18H,10H2,1-4H3/t16-,17+,18-/m1/s1. The molecular formula is C19H22F2O8. The first-order valence-corrected chi connectivity index (χ1v) is 8.53. The first-order chi connectivity index (χ1) is 13.4. The second-order valence-electron chi connectivity index (χ2n) is 6.05. The largest absolute Gasteiger partial charge is 0.462 e. The van der Waals surface area contributed by atoms with Gasteiger partial charge in [0.1, 0.15) is 6.61 Å². The monoisotopic (exact) mass is 416 g/mol. The zero-order chi connectivity index (χ0) is 22.2. The first-order valence-electron chi connectivity index (χ1n) is 8.53. The molecular weight excluding hydrogens is 394 g/mol. The summed E-state index contributed by atoms with van der Waals surface area (Å²) in [5.41, 5.74) is 0.114. The molecule has 0 aromatic heterocycles. The fourth-order valence-electron chi connectivity index (χ4n) is 2.45. The molecule has 0 fully saturated rings. The minimum absolute atomic E-state index is 0.114. The van der Waals surface area contributed by atoms with Crippen molar-refractivity contribution in [2.75, 3.05) is 6.61 Å². The lowest BCUT2D eigenvalue weighted by Crippen LogP contribution is -2.53. The molecule has 0 amide bonds. The van der Waals surface area contributed by atoms with Gasteiger partial charge in [0.15, 0.2) is 6.10 Å². The smallest absolute Gasteiger partial charge is 0.327 e. The molecule has 1 rings (SSSR count). The highest BCUT2D eigenvalue weighted by molar-refractivity contribution is 5.68. The topological polar surface area (TPSA) is 105 Å². The molecule has 0 unspecified atom stereocenters. The Morgan fingerprint density at radius 1 is 0.828 bits per heavy atom. The van der Waals surface area contributed by atoms with Crippen LogP contribution in [0.1, 0.15) is 39.4 Å². The number of ether oxygens (including phenoxy) is 4. The van der Waals surface area contributed by atoms with Gasteiger partial charge in [0.25, 0.3) is 0 Å². The Morgan fingerprint density at radius 2 is 1.34 bits per heavy atom. The Balaban J connectivity index is 3.43. The molecule has 0 bridgehead atoms. The van der Waals surface area contributed by atoms with Crippen LogP contribution >= 0.6 is 0 Å². The summed E-state index contributed by atoms with van der Waals surface area (Å²) in [6.07, 6.45) is -6.38. The van der Waals surface area contributed by atoms with E-state index in [2.05, 4.69) is 9.47 Å². The third kappa shape index (κ3) is 7.47. The van der Waals surface area contributed by atoms with Crippen molar-refractivity contribution in [3.8, 4) is 0 Å². The van der Waals surface area contributed by atoms with Gasteiger partial charge in [-0.15, -0.1) is 0 Å². The summed E-state index contributed by atoms with van der Waals surface area (Å²) in [4.78, 5) is 45.5. The summed E-state index contributed by atoms with van der Waals surface area (Å²) in [6, 6.07) is 7.42. The highest BCUT2D eigenvalue weighted by Crippen LogP contribution is 2.38. The minimum atomic E-state index is -4.09. The third-order valence-electron chi connectivity index (χ3n) is 3.54. The number of hydrogen-bond acceptors (Lipinski definition) is 8. The lowest BCUT2D eigenvalue weighted by Gasteiger charge is -2.35.